The highest BCUT2D eigenvalue weighted by molar-refractivity contribution is 7.90. The molecule has 0 aromatic heterocycles. The van der Waals surface area contributed by atoms with Crippen LogP contribution in [0.5, 0.6) is 0 Å². The number of hydrogen-bond donors (Lipinski definition) is 2. The van der Waals surface area contributed by atoms with Crippen LogP contribution in [0.15, 0.2) is 0 Å². The summed E-state index contributed by atoms with van der Waals surface area (Å²) in [6, 6.07) is 0.111. The summed E-state index contributed by atoms with van der Waals surface area (Å²) in [5.41, 5.74) is 0. The van der Waals surface area contributed by atoms with E-state index in [-0.39, 0.29) is 11.3 Å². The van der Waals surface area contributed by atoms with Gasteiger partial charge in [-0.3, -0.25) is 0 Å². The van der Waals surface area contributed by atoms with E-state index >= 15 is 0 Å². The van der Waals surface area contributed by atoms with Crippen LogP contribution in [0.3, 0.4) is 0 Å². The van der Waals surface area contributed by atoms with Gasteiger partial charge >= 0.3 is 0 Å². The summed E-state index contributed by atoms with van der Waals surface area (Å²) in [4.78, 5) is 2.23. The lowest BCUT2D eigenvalue weighted by molar-refractivity contribution is 0.248. The predicted octanol–water partition coefficient (Wildman–Crippen LogP) is -0.00200. The van der Waals surface area contributed by atoms with Gasteiger partial charge in [-0.25, -0.2) is 13.1 Å². The highest BCUT2D eigenvalue weighted by Crippen LogP contribution is 2.10. The molecule has 2 N–H and O–H groups in total. The van der Waals surface area contributed by atoms with Gasteiger partial charge in [0, 0.05) is 12.6 Å². The van der Waals surface area contributed by atoms with E-state index in [2.05, 4.69) is 22.0 Å². The molecule has 0 saturated carbocycles. The second-order valence-corrected chi connectivity index (χ2v) is 6.99. The molecular weight excluding hydrogens is 238 g/mol. The molecule has 1 aliphatic rings. The summed E-state index contributed by atoms with van der Waals surface area (Å²) < 4.78 is 26.9. The second-order valence-electron chi connectivity index (χ2n) is 4.86. The minimum absolute atomic E-state index is 0.111. The molecule has 0 aliphatic carbocycles. The van der Waals surface area contributed by atoms with Gasteiger partial charge in [0.25, 0.3) is 0 Å². The highest BCUT2D eigenvalue weighted by atomic mass is 32.2. The van der Waals surface area contributed by atoms with Gasteiger partial charge in [-0.2, -0.15) is 0 Å². The molecule has 1 unspecified atom stereocenters. The molecule has 0 spiro atoms. The van der Waals surface area contributed by atoms with E-state index in [9.17, 15) is 8.42 Å². The Bertz CT molecular complexity index is 311. The first-order chi connectivity index (χ1) is 7.95. The van der Waals surface area contributed by atoms with Crippen molar-refractivity contribution < 1.29 is 8.42 Å². The molecule has 1 atom stereocenters. The molecule has 1 fully saturated rings. The van der Waals surface area contributed by atoms with E-state index in [1.54, 1.807) is 6.92 Å². The zero-order valence-electron chi connectivity index (χ0n) is 11.1. The van der Waals surface area contributed by atoms with Gasteiger partial charge in [0.15, 0.2) is 0 Å². The summed E-state index contributed by atoms with van der Waals surface area (Å²) in [6.45, 7) is 6.97. The Balaban J connectivity index is 2.43. The Labute approximate surface area is 105 Å². The Morgan fingerprint density at radius 2 is 1.94 bits per heavy atom. The van der Waals surface area contributed by atoms with Gasteiger partial charge in [-0.15, -0.1) is 0 Å². The van der Waals surface area contributed by atoms with Crippen molar-refractivity contribution in [1.29, 1.82) is 0 Å². The number of piperidine rings is 1. The fourth-order valence-electron chi connectivity index (χ4n) is 1.93. The standard InChI is InChI=1S/C11H25N3O2S/c1-4-12-9-10(2)17(15,16)13-11-5-7-14(3)8-6-11/h10-13H,4-9H2,1-3H3. The van der Waals surface area contributed by atoms with Gasteiger partial charge in [-0.05, 0) is 46.4 Å². The Hall–Kier alpha value is -0.170. The molecule has 0 aromatic rings. The van der Waals surface area contributed by atoms with Gasteiger partial charge in [-0.1, -0.05) is 6.92 Å². The van der Waals surface area contributed by atoms with Gasteiger partial charge in [0.1, 0.15) is 0 Å². The van der Waals surface area contributed by atoms with Crippen molar-refractivity contribution in [3.63, 3.8) is 0 Å². The van der Waals surface area contributed by atoms with Crippen LogP contribution in [0.1, 0.15) is 26.7 Å². The fraction of sp³-hybridized carbons (Fsp3) is 1.00. The summed E-state index contributed by atoms with van der Waals surface area (Å²) in [7, 11) is -1.11. The van der Waals surface area contributed by atoms with E-state index in [0.29, 0.717) is 6.54 Å². The molecule has 1 aliphatic heterocycles. The van der Waals surface area contributed by atoms with Gasteiger partial charge in [0.05, 0.1) is 5.25 Å². The Kier molecular flexibility index (Phi) is 5.85. The molecule has 1 saturated heterocycles. The van der Waals surface area contributed by atoms with Crippen molar-refractivity contribution in [2.24, 2.45) is 0 Å². The first-order valence-corrected chi connectivity index (χ1v) is 7.90. The minimum atomic E-state index is -3.18. The second kappa shape index (κ2) is 6.68. The number of sulfonamides is 1. The molecule has 1 rings (SSSR count). The number of hydrogen-bond acceptors (Lipinski definition) is 4. The lowest BCUT2D eigenvalue weighted by atomic mass is 10.1. The topological polar surface area (TPSA) is 61.4 Å². The van der Waals surface area contributed by atoms with E-state index in [4.69, 9.17) is 0 Å². The molecular formula is C11H25N3O2S. The maximum absolute atomic E-state index is 12.0. The third-order valence-corrected chi connectivity index (χ3v) is 5.15. The first-order valence-electron chi connectivity index (χ1n) is 6.36. The molecule has 0 aromatic carbocycles. The average molecular weight is 263 g/mol. The molecule has 102 valence electrons. The van der Waals surface area contributed by atoms with Crippen LogP contribution >= 0.6 is 0 Å². The third kappa shape index (κ3) is 4.91. The van der Waals surface area contributed by atoms with E-state index in [0.717, 1.165) is 32.5 Å². The van der Waals surface area contributed by atoms with Crippen molar-refractivity contribution in [2.45, 2.75) is 38.0 Å². The number of nitrogens with zero attached hydrogens (tertiary/aromatic N) is 1. The zero-order valence-corrected chi connectivity index (χ0v) is 11.9. The number of likely N-dealkylation sites (tertiary alicyclic amines) is 1. The fourth-order valence-corrected chi connectivity index (χ4v) is 3.20. The lowest BCUT2D eigenvalue weighted by Crippen LogP contribution is -2.47. The lowest BCUT2D eigenvalue weighted by Gasteiger charge is -2.30. The summed E-state index contributed by atoms with van der Waals surface area (Å²) in [6.07, 6.45) is 1.81. The molecule has 6 heteroatoms. The van der Waals surface area contributed by atoms with Crippen LogP contribution < -0.4 is 10.0 Å². The molecule has 0 amide bonds. The van der Waals surface area contributed by atoms with Gasteiger partial charge < -0.3 is 10.2 Å². The van der Waals surface area contributed by atoms with Crippen molar-refractivity contribution in [2.75, 3.05) is 33.2 Å². The first kappa shape index (κ1) is 14.9. The monoisotopic (exact) mass is 263 g/mol. The third-order valence-electron chi connectivity index (χ3n) is 3.26. The summed E-state index contributed by atoms with van der Waals surface area (Å²) >= 11 is 0. The van der Waals surface area contributed by atoms with Crippen LogP contribution in [0, 0.1) is 0 Å². The largest absolute Gasteiger partial charge is 0.316 e. The van der Waals surface area contributed by atoms with Crippen LogP contribution in [0.2, 0.25) is 0 Å². The number of rotatable bonds is 6. The zero-order chi connectivity index (χ0) is 12.9. The normalized spacial score (nSPS) is 21.6. The number of nitrogens with one attached hydrogen (secondary N) is 2. The van der Waals surface area contributed by atoms with Crippen LogP contribution in [0.4, 0.5) is 0 Å². The Morgan fingerprint density at radius 3 is 2.47 bits per heavy atom. The smallest absolute Gasteiger partial charge is 0.215 e. The van der Waals surface area contributed by atoms with E-state index in [1.165, 1.54) is 0 Å². The average Bonchev–Trinajstić information content (AvgIpc) is 2.28. The molecule has 17 heavy (non-hydrogen) atoms. The van der Waals surface area contributed by atoms with Crippen molar-refractivity contribution >= 4 is 10.0 Å². The van der Waals surface area contributed by atoms with Crippen molar-refractivity contribution in [3.8, 4) is 0 Å². The molecule has 0 radical (unpaired) electrons. The van der Waals surface area contributed by atoms with Crippen molar-refractivity contribution in [3.05, 3.63) is 0 Å². The van der Waals surface area contributed by atoms with E-state index < -0.39 is 10.0 Å². The van der Waals surface area contributed by atoms with Crippen LogP contribution in [-0.2, 0) is 10.0 Å². The molecule has 0 bridgehead atoms. The summed E-state index contributed by atoms with van der Waals surface area (Å²) in [5.74, 6) is 0. The van der Waals surface area contributed by atoms with Crippen LogP contribution in [0.25, 0.3) is 0 Å². The molecule has 1 heterocycles. The van der Waals surface area contributed by atoms with Gasteiger partial charge in [0.2, 0.25) is 10.0 Å². The molecule has 5 nitrogen and oxygen atoms in total. The van der Waals surface area contributed by atoms with Crippen molar-refractivity contribution in [1.82, 2.24) is 14.9 Å². The maximum Gasteiger partial charge on any atom is 0.215 e. The minimum Gasteiger partial charge on any atom is -0.316 e. The SMILES string of the molecule is CCNCC(C)S(=O)(=O)NC1CCN(C)CC1. The predicted molar refractivity (Wildman–Crippen MR) is 70.6 cm³/mol. The highest BCUT2D eigenvalue weighted by Gasteiger charge is 2.26. The Morgan fingerprint density at radius 1 is 1.35 bits per heavy atom. The summed E-state index contributed by atoms with van der Waals surface area (Å²) in [5, 5.41) is 2.70. The maximum atomic E-state index is 12.0. The quantitative estimate of drug-likeness (QED) is 0.708. The van der Waals surface area contributed by atoms with Crippen LogP contribution in [-0.4, -0.2) is 57.8 Å². The van der Waals surface area contributed by atoms with E-state index in [1.807, 2.05) is 6.92 Å².